The molecular formula is C17H23NO6. The van der Waals surface area contributed by atoms with E-state index >= 15 is 0 Å². The summed E-state index contributed by atoms with van der Waals surface area (Å²) in [6.45, 7) is 3.07. The second kappa shape index (κ2) is 10.5. The SMILES string of the molecule is CN(C)CCOC1COCc2ccccc21.O=C(O)/C=C\C(=O)O. The zero-order valence-corrected chi connectivity index (χ0v) is 13.8. The van der Waals surface area contributed by atoms with Gasteiger partial charge in [0.2, 0.25) is 0 Å². The molecule has 1 aliphatic rings. The van der Waals surface area contributed by atoms with Gasteiger partial charge in [0, 0.05) is 18.7 Å². The van der Waals surface area contributed by atoms with E-state index in [-0.39, 0.29) is 6.10 Å². The van der Waals surface area contributed by atoms with E-state index in [2.05, 4.69) is 37.2 Å². The molecule has 0 spiro atoms. The van der Waals surface area contributed by atoms with Gasteiger partial charge < -0.3 is 24.6 Å². The van der Waals surface area contributed by atoms with Crippen molar-refractivity contribution in [2.45, 2.75) is 12.7 Å². The number of carbonyl (C=O) groups is 2. The summed E-state index contributed by atoms with van der Waals surface area (Å²) in [5, 5.41) is 15.6. The molecular weight excluding hydrogens is 314 g/mol. The first-order valence-corrected chi connectivity index (χ1v) is 7.46. The summed E-state index contributed by atoms with van der Waals surface area (Å²) in [7, 11) is 4.10. The first-order chi connectivity index (χ1) is 11.4. The van der Waals surface area contributed by atoms with Crippen LogP contribution in [0.15, 0.2) is 36.4 Å². The van der Waals surface area contributed by atoms with Gasteiger partial charge in [-0.3, -0.25) is 0 Å². The van der Waals surface area contributed by atoms with Crippen molar-refractivity contribution in [2.75, 3.05) is 33.9 Å². The van der Waals surface area contributed by atoms with Gasteiger partial charge in [0.05, 0.1) is 19.8 Å². The first kappa shape index (κ1) is 19.8. The van der Waals surface area contributed by atoms with Crippen molar-refractivity contribution in [1.82, 2.24) is 4.90 Å². The predicted octanol–water partition coefficient (Wildman–Crippen LogP) is 1.55. The Labute approximate surface area is 141 Å². The molecule has 0 radical (unpaired) electrons. The highest BCUT2D eigenvalue weighted by Crippen LogP contribution is 2.27. The van der Waals surface area contributed by atoms with Crippen LogP contribution in [0.1, 0.15) is 17.2 Å². The fraction of sp³-hybridized carbons (Fsp3) is 0.412. The largest absolute Gasteiger partial charge is 0.478 e. The quantitative estimate of drug-likeness (QED) is 0.760. The van der Waals surface area contributed by atoms with Crippen LogP contribution in [0.2, 0.25) is 0 Å². The summed E-state index contributed by atoms with van der Waals surface area (Å²) in [5.41, 5.74) is 2.54. The number of aliphatic carboxylic acids is 2. The molecule has 0 saturated heterocycles. The highest BCUT2D eigenvalue weighted by molar-refractivity contribution is 5.89. The fourth-order valence-corrected chi connectivity index (χ4v) is 2.00. The molecule has 24 heavy (non-hydrogen) atoms. The summed E-state index contributed by atoms with van der Waals surface area (Å²) in [5.74, 6) is -2.51. The van der Waals surface area contributed by atoms with Gasteiger partial charge in [0.1, 0.15) is 6.10 Å². The molecule has 0 saturated carbocycles. The second-order valence-electron chi connectivity index (χ2n) is 5.39. The Morgan fingerprint density at radius 3 is 2.46 bits per heavy atom. The van der Waals surface area contributed by atoms with E-state index in [1.807, 2.05) is 6.07 Å². The van der Waals surface area contributed by atoms with E-state index < -0.39 is 11.9 Å². The fourth-order valence-electron chi connectivity index (χ4n) is 2.00. The Balaban J connectivity index is 0.000000307. The molecule has 7 heteroatoms. The number of benzene rings is 1. The van der Waals surface area contributed by atoms with Crippen LogP contribution < -0.4 is 0 Å². The molecule has 2 rings (SSSR count). The highest BCUT2D eigenvalue weighted by atomic mass is 16.5. The van der Waals surface area contributed by atoms with Crippen molar-refractivity contribution < 1.29 is 29.3 Å². The molecule has 2 N–H and O–H groups in total. The number of carboxylic acids is 2. The average Bonchev–Trinajstić information content (AvgIpc) is 2.53. The van der Waals surface area contributed by atoms with Crippen molar-refractivity contribution in [1.29, 1.82) is 0 Å². The maximum Gasteiger partial charge on any atom is 0.328 e. The molecule has 0 aromatic heterocycles. The van der Waals surface area contributed by atoms with Gasteiger partial charge in [-0.05, 0) is 25.2 Å². The lowest BCUT2D eigenvalue weighted by Gasteiger charge is -2.26. The predicted molar refractivity (Wildman–Crippen MR) is 87.8 cm³/mol. The van der Waals surface area contributed by atoms with Crippen LogP contribution in [0.25, 0.3) is 0 Å². The van der Waals surface area contributed by atoms with Crippen molar-refractivity contribution in [3.05, 3.63) is 47.5 Å². The second-order valence-corrected chi connectivity index (χ2v) is 5.39. The summed E-state index contributed by atoms with van der Waals surface area (Å²) in [6.07, 6.45) is 1.22. The number of hydrogen-bond acceptors (Lipinski definition) is 5. The molecule has 0 bridgehead atoms. The third-order valence-corrected chi connectivity index (χ3v) is 3.15. The molecule has 1 aromatic rings. The Bertz CT molecular complexity index is 554. The van der Waals surface area contributed by atoms with Gasteiger partial charge in [0.15, 0.2) is 0 Å². The van der Waals surface area contributed by atoms with Gasteiger partial charge in [-0.1, -0.05) is 24.3 Å². The number of fused-ring (bicyclic) bond motifs is 1. The molecule has 0 amide bonds. The Morgan fingerprint density at radius 1 is 1.25 bits per heavy atom. The lowest BCUT2D eigenvalue weighted by Crippen LogP contribution is -2.24. The topological polar surface area (TPSA) is 96.3 Å². The minimum Gasteiger partial charge on any atom is -0.478 e. The van der Waals surface area contributed by atoms with Crippen LogP contribution in [0.5, 0.6) is 0 Å². The molecule has 0 aliphatic carbocycles. The standard InChI is InChI=1S/C13H19NO2.C4H4O4/c1-14(2)7-8-16-13-10-15-9-11-5-3-4-6-12(11)13;5-3(6)1-2-4(7)8/h3-6,13H,7-10H2,1-2H3;1-2H,(H,5,6)(H,7,8)/b;2-1-. The summed E-state index contributed by atoms with van der Waals surface area (Å²) in [6, 6.07) is 8.35. The highest BCUT2D eigenvalue weighted by Gasteiger charge is 2.20. The molecule has 1 unspecified atom stereocenters. The maximum atomic E-state index is 9.55. The van der Waals surface area contributed by atoms with E-state index in [1.165, 1.54) is 11.1 Å². The Hall–Kier alpha value is -2.22. The van der Waals surface area contributed by atoms with Crippen molar-refractivity contribution in [3.63, 3.8) is 0 Å². The molecule has 1 heterocycles. The van der Waals surface area contributed by atoms with Crippen LogP contribution in [0, 0.1) is 0 Å². The summed E-state index contributed by atoms with van der Waals surface area (Å²) >= 11 is 0. The zero-order valence-electron chi connectivity index (χ0n) is 13.8. The number of nitrogens with zero attached hydrogens (tertiary/aromatic N) is 1. The van der Waals surface area contributed by atoms with E-state index in [9.17, 15) is 9.59 Å². The van der Waals surface area contributed by atoms with Crippen LogP contribution >= 0.6 is 0 Å². The Morgan fingerprint density at radius 2 is 1.88 bits per heavy atom. The number of likely N-dealkylation sites (N-methyl/N-ethyl adjacent to an activating group) is 1. The molecule has 0 fully saturated rings. The van der Waals surface area contributed by atoms with Gasteiger partial charge in [-0.25, -0.2) is 9.59 Å². The third-order valence-electron chi connectivity index (χ3n) is 3.15. The lowest BCUT2D eigenvalue weighted by molar-refractivity contribution is -0.134. The average molecular weight is 337 g/mol. The first-order valence-electron chi connectivity index (χ1n) is 7.46. The van der Waals surface area contributed by atoms with Gasteiger partial charge in [-0.2, -0.15) is 0 Å². The normalized spacial score (nSPS) is 16.4. The summed E-state index contributed by atoms with van der Waals surface area (Å²) < 4.78 is 11.4. The van der Waals surface area contributed by atoms with E-state index in [1.54, 1.807) is 0 Å². The monoisotopic (exact) mass is 337 g/mol. The molecule has 132 valence electrons. The molecule has 1 aromatic carbocycles. The minimum absolute atomic E-state index is 0.102. The number of carboxylic acid groups (broad SMARTS) is 2. The van der Waals surface area contributed by atoms with E-state index in [4.69, 9.17) is 19.7 Å². The van der Waals surface area contributed by atoms with Gasteiger partial charge in [-0.15, -0.1) is 0 Å². The van der Waals surface area contributed by atoms with E-state index in [0.29, 0.717) is 25.4 Å². The molecule has 1 atom stereocenters. The number of rotatable bonds is 6. The summed E-state index contributed by atoms with van der Waals surface area (Å²) in [4.78, 5) is 21.2. The maximum absolute atomic E-state index is 9.55. The van der Waals surface area contributed by atoms with Crippen molar-refractivity contribution in [2.24, 2.45) is 0 Å². The molecule has 1 aliphatic heterocycles. The van der Waals surface area contributed by atoms with Gasteiger partial charge in [0.25, 0.3) is 0 Å². The van der Waals surface area contributed by atoms with E-state index in [0.717, 1.165) is 13.2 Å². The number of hydrogen-bond donors (Lipinski definition) is 2. The van der Waals surface area contributed by atoms with Crippen LogP contribution in [-0.2, 0) is 25.7 Å². The smallest absolute Gasteiger partial charge is 0.328 e. The molecule has 7 nitrogen and oxygen atoms in total. The number of ether oxygens (including phenoxy) is 2. The van der Waals surface area contributed by atoms with Crippen LogP contribution in [0.4, 0.5) is 0 Å². The van der Waals surface area contributed by atoms with Crippen molar-refractivity contribution in [3.8, 4) is 0 Å². The van der Waals surface area contributed by atoms with Gasteiger partial charge >= 0.3 is 11.9 Å². The van der Waals surface area contributed by atoms with Crippen molar-refractivity contribution >= 4 is 11.9 Å². The van der Waals surface area contributed by atoms with Crippen LogP contribution in [0.3, 0.4) is 0 Å². The van der Waals surface area contributed by atoms with Crippen LogP contribution in [-0.4, -0.2) is 60.9 Å². The Kier molecular flexibility index (Phi) is 8.70. The minimum atomic E-state index is -1.26. The third kappa shape index (κ3) is 7.87. The lowest BCUT2D eigenvalue weighted by atomic mass is 10.0. The zero-order chi connectivity index (χ0) is 17.9.